The van der Waals surface area contributed by atoms with E-state index < -0.39 is 0 Å². The van der Waals surface area contributed by atoms with Gasteiger partial charge in [-0.3, -0.25) is 9.89 Å². The molecule has 5 rings (SSSR count). The minimum absolute atomic E-state index is 0.0937. The van der Waals surface area contributed by atoms with E-state index >= 15 is 0 Å². The maximum atomic E-state index is 13.7. The Morgan fingerprint density at radius 2 is 2.15 bits per heavy atom. The Bertz CT molecular complexity index is 1360. The SMILES string of the molecule is COc1ccc2c(c1)CC(C(=O)c1cn(CCN(C)C)c3cc(-c4c[nH]nc4Cl)ccc13)CO2. The lowest BCUT2D eigenvalue weighted by Crippen LogP contribution is -2.28. The number of nitrogens with one attached hydrogen (secondary N) is 1. The molecule has 4 aromatic rings. The van der Waals surface area contributed by atoms with Crippen molar-refractivity contribution in [1.82, 2.24) is 19.7 Å². The van der Waals surface area contributed by atoms with E-state index in [9.17, 15) is 4.79 Å². The highest BCUT2D eigenvalue weighted by atomic mass is 35.5. The van der Waals surface area contributed by atoms with Crippen LogP contribution in [0.15, 0.2) is 48.8 Å². The highest BCUT2D eigenvalue weighted by Crippen LogP contribution is 2.35. The van der Waals surface area contributed by atoms with Crippen LogP contribution in [0.5, 0.6) is 11.5 Å². The zero-order valence-corrected chi connectivity index (χ0v) is 20.2. The lowest BCUT2D eigenvalue weighted by Gasteiger charge is -2.24. The maximum Gasteiger partial charge on any atom is 0.171 e. The Balaban J connectivity index is 1.52. The number of Topliss-reactive ketones (excluding diaryl/α,β-unsaturated/α-hetero) is 1. The van der Waals surface area contributed by atoms with Crippen LogP contribution in [0.4, 0.5) is 0 Å². The third-order valence-corrected chi connectivity index (χ3v) is 6.67. The number of carbonyl (C=O) groups excluding carboxylic acids is 1. The number of hydrogen-bond donors (Lipinski definition) is 1. The number of nitrogens with zero attached hydrogens (tertiary/aromatic N) is 3. The largest absolute Gasteiger partial charge is 0.497 e. The number of methoxy groups -OCH3 is 1. The van der Waals surface area contributed by atoms with E-state index in [1.54, 1.807) is 13.3 Å². The number of aromatic amines is 1. The molecule has 0 bridgehead atoms. The first-order chi connectivity index (χ1) is 16.4. The van der Waals surface area contributed by atoms with Crippen LogP contribution < -0.4 is 9.47 Å². The topological polar surface area (TPSA) is 72.4 Å². The fraction of sp³-hybridized carbons (Fsp3) is 0.308. The van der Waals surface area contributed by atoms with Crippen molar-refractivity contribution in [2.75, 3.05) is 34.4 Å². The van der Waals surface area contributed by atoms with Gasteiger partial charge in [0.1, 0.15) is 11.5 Å². The average molecular weight is 479 g/mol. The number of carbonyl (C=O) groups is 1. The predicted molar refractivity (Wildman–Crippen MR) is 133 cm³/mol. The molecule has 2 aromatic heterocycles. The highest BCUT2D eigenvalue weighted by Gasteiger charge is 2.29. The predicted octanol–water partition coefficient (Wildman–Crippen LogP) is 4.69. The van der Waals surface area contributed by atoms with Gasteiger partial charge in [0.15, 0.2) is 10.9 Å². The average Bonchev–Trinajstić information content (AvgIpc) is 3.44. The van der Waals surface area contributed by atoms with Crippen LogP contribution >= 0.6 is 11.6 Å². The van der Waals surface area contributed by atoms with Crippen molar-refractivity contribution >= 4 is 28.3 Å². The molecule has 1 N–H and O–H groups in total. The molecule has 176 valence electrons. The van der Waals surface area contributed by atoms with Crippen LogP contribution in [0.25, 0.3) is 22.0 Å². The van der Waals surface area contributed by atoms with E-state index in [0.717, 1.165) is 57.7 Å². The monoisotopic (exact) mass is 478 g/mol. The summed E-state index contributed by atoms with van der Waals surface area (Å²) in [7, 11) is 5.72. The summed E-state index contributed by atoms with van der Waals surface area (Å²) < 4.78 is 13.4. The van der Waals surface area contributed by atoms with E-state index in [1.165, 1.54) is 0 Å². The second kappa shape index (κ2) is 9.16. The van der Waals surface area contributed by atoms with Gasteiger partial charge in [-0.1, -0.05) is 23.7 Å². The lowest BCUT2D eigenvalue weighted by molar-refractivity contribution is 0.0856. The van der Waals surface area contributed by atoms with Gasteiger partial charge >= 0.3 is 0 Å². The highest BCUT2D eigenvalue weighted by molar-refractivity contribution is 6.32. The standard InChI is InChI=1S/C26H27ClN4O3/c1-30(2)8-9-31-14-22(20-6-4-16(12-23(20)31)21-13-28-29-26(21)27)25(32)18-10-17-11-19(33-3)5-7-24(17)34-15-18/h4-7,11-14,18H,8-10,15H2,1-3H3,(H,28,29). The van der Waals surface area contributed by atoms with Crippen LogP contribution in [0.1, 0.15) is 15.9 Å². The van der Waals surface area contributed by atoms with Gasteiger partial charge < -0.3 is 18.9 Å². The molecule has 1 aliphatic rings. The molecular weight excluding hydrogens is 452 g/mol. The molecule has 0 saturated carbocycles. The van der Waals surface area contributed by atoms with Crippen LogP contribution in [0.2, 0.25) is 5.15 Å². The van der Waals surface area contributed by atoms with Crippen LogP contribution in [0, 0.1) is 5.92 Å². The van der Waals surface area contributed by atoms with Crippen LogP contribution in [0.3, 0.4) is 0 Å². The molecule has 0 amide bonds. The molecule has 1 atom stereocenters. The second-order valence-corrected chi connectivity index (χ2v) is 9.27. The van der Waals surface area contributed by atoms with Crippen molar-refractivity contribution in [3.8, 4) is 22.6 Å². The molecule has 0 spiro atoms. The second-order valence-electron chi connectivity index (χ2n) is 8.91. The van der Waals surface area contributed by atoms with Gasteiger partial charge in [0, 0.05) is 47.5 Å². The Kier molecular flexibility index (Phi) is 6.06. The number of fused-ring (bicyclic) bond motifs is 2. The molecule has 0 aliphatic carbocycles. The molecule has 7 nitrogen and oxygen atoms in total. The zero-order valence-electron chi connectivity index (χ0n) is 19.5. The summed E-state index contributed by atoms with van der Waals surface area (Å²) in [6.45, 7) is 1.99. The number of ketones is 1. The van der Waals surface area contributed by atoms with Crippen molar-refractivity contribution in [2.45, 2.75) is 13.0 Å². The number of halogens is 1. The molecule has 3 heterocycles. The zero-order chi connectivity index (χ0) is 23.8. The Morgan fingerprint density at radius 3 is 2.88 bits per heavy atom. The molecule has 1 aliphatic heterocycles. The third-order valence-electron chi connectivity index (χ3n) is 6.39. The van der Waals surface area contributed by atoms with E-state index in [-0.39, 0.29) is 11.7 Å². The van der Waals surface area contributed by atoms with Gasteiger partial charge in [-0.25, -0.2) is 0 Å². The fourth-order valence-corrected chi connectivity index (χ4v) is 4.72. The lowest BCUT2D eigenvalue weighted by atomic mass is 9.89. The smallest absolute Gasteiger partial charge is 0.171 e. The van der Waals surface area contributed by atoms with E-state index in [0.29, 0.717) is 18.2 Å². The van der Waals surface area contributed by atoms with E-state index in [4.69, 9.17) is 21.1 Å². The summed E-state index contributed by atoms with van der Waals surface area (Å²) in [5, 5.41) is 8.20. The summed E-state index contributed by atoms with van der Waals surface area (Å²) in [6.07, 6.45) is 4.39. The van der Waals surface area contributed by atoms with Crippen LogP contribution in [-0.2, 0) is 13.0 Å². The third kappa shape index (κ3) is 4.17. The van der Waals surface area contributed by atoms with Gasteiger partial charge in [0.05, 0.1) is 19.6 Å². The Labute approximate surface area is 203 Å². The van der Waals surface area contributed by atoms with Crippen molar-refractivity contribution < 1.29 is 14.3 Å². The quantitative estimate of drug-likeness (QED) is 0.390. The normalized spacial score (nSPS) is 15.4. The van der Waals surface area contributed by atoms with Crippen LogP contribution in [-0.4, -0.2) is 59.8 Å². The molecule has 1 unspecified atom stereocenters. The number of aromatic nitrogens is 3. The van der Waals surface area contributed by atoms with E-state index in [2.05, 4.69) is 25.7 Å². The Hall–Kier alpha value is -3.29. The number of likely N-dealkylation sites (N-methyl/N-ethyl adjacent to an activating group) is 1. The molecule has 2 aromatic carbocycles. The first kappa shape index (κ1) is 22.5. The Morgan fingerprint density at radius 1 is 1.29 bits per heavy atom. The summed E-state index contributed by atoms with van der Waals surface area (Å²) in [6, 6.07) is 11.8. The number of rotatable bonds is 7. The maximum absolute atomic E-state index is 13.7. The number of benzene rings is 2. The molecular formula is C26H27ClN4O3. The van der Waals surface area contributed by atoms with Crippen molar-refractivity contribution in [3.63, 3.8) is 0 Å². The molecule has 0 saturated heterocycles. The summed E-state index contributed by atoms with van der Waals surface area (Å²) in [5.74, 6) is 1.42. The minimum Gasteiger partial charge on any atom is -0.497 e. The number of H-pyrrole nitrogens is 1. The first-order valence-electron chi connectivity index (χ1n) is 11.3. The first-order valence-corrected chi connectivity index (χ1v) is 11.6. The summed E-state index contributed by atoms with van der Waals surface area (Å²) in [4.78, 5) is 15.9. The summed E-state index contributed by atoms with van der Waals surface area (Å²) >= 11 is 6.26. The molecule has 0 radical (unpaired) electrons. The van der Waals surface area contributed by atoms with Crippen molar-refractivity contribution in [2.24, 2.45) is 5.92 Å². The van der Waals surface area contributed by atoms with Gasteiger partial charge in [0.25, 0.3) is 0 Å². The molecule has 34 heavy (non-hydrogen) atoms. The van der Waals surface area contributed by atoms with Gasteiger partial charge in [-0.05, 0) is 55.9 Å². The van der Waals surface area contributed by atoms with Gasteiger partial charge in [0.2, 0.25) is 0 Å². The number of hydrogen-bond acceptors (Lipinski definition) is 5. The van der Waals surface area contributed by atoms with Crippen molar-refractivity contribution in [3.05, 3.63) is 65.1 Å². The van der Waals surface area contributed by atoms with E-state index in [1.807, 2.05) is 50.6 Å². The fourth-order valence-electron chi connectivity index (χ4n) is 4.51. The molecule has 8 heteroatoms. The molecule has 0 fully saturated rings. The van der Waals surface area contributed by atoms with Gasteiger partial charge in [-0.15, -0.1) is 0 Å². The number of ether oxygens (including phenoxy) is 2. The minimum atomic E-state index is -0.254. The summed E-state index contributed by atoms with van der Waals surface area (Å²) in [5.41, 5.74) is 4.51. The van der Waals surface area contributed by atoms with Crippen molar-refractivity contribution in [1.29, 1.82) is 0 Å². The van der Waals surface area contributed by atoms with Gasteiger partial charge in [-0.2, -0.15) is 5.10 Å².